The number of halogens is 1. The Labute approximate surface area is 262 Å². The minimum atomic E-state index is -1.33. The van der Waals surface area contributed by atoms with Crippen LogP contribution in [0.4, 0.5) is 4.39 Å². The Balaban J connectivity index is 1.65. The molecule has 0 saturated carbocycles. The number of benzene rings is 2. The first-order valence-electron chi connectivity index (χ1n) is 15.2. The molecule has 0 amide bonds. The zero-order chi connectivity index (χ0) is 32.2. The van der Waals surface area contributed by atoms with Crippen molar-refractivity contribution in [1.82, 2.24) is 14.5 Å². The molecular formula is C37H38FN3O4. The highest BCUT2D eigenvalue weighted by Gasteiger charge is 2.34. The van der Waals surface area contributed by atoms with Crippen LogP contribution in [-0.2, 0) is 23.0 Å². The SMILES string of the molecule is Cc1ccc(-c2cc(-c3cc4c(-c5cc(F)c6c(c5C)CCCO6)c([C@H](OC(C)(C)C)C(=O)O)c(C)nc4n3C)ccn2)cc1. The molecule has 1 aliphatic rings. The van der Waals surface area contributed by atoms with E-state index in [2.05, 4.69) is 36.2 Å². The molecule has 1 N–H and O–H groups in total. The monoisotopic (exact) mass is 607 g/mol. The summed E-state index contributed by atoms with van der Waals surface area (Å²) in [6.45, 7) is 11.7. The van der Waals surface area contributed by atoms with E-state index in [1.807, 2.05) is 57.5 Å². The smallest absolute Gasteiger partial charge is 0.337 e. The Morgan fingerprint density at radius 3 is 2.49 bits per heavy atom. The van der Waals surface area contributed by atoms with Crippen molar-refractivity contribution in [2.45, 2.75) is 66.1 Å². The maximum absolute atomic E-state index is 15.7. The summed E-state index contributed by atoms with van der Waals surface area (Å²) in [4.78, 5) is 22.4. The molecule has 0 saturated heterocycles. The predicted molar refractivity (Wildman–Crippen MR) is 174 cm³/mol. The Bertz CT molecular complexity index is 1950. The third-order valence-corrected chi connectivity index (χ3v) is 8.47. The number of fused-ring (bicyclic) bond motifs is 2. The lowest BCUT2D eigenvalue weighted by Crippen LogP contribution is -2.28. The number of carboxylic acid groups (broad SMARTS) is 1. The fraction of sp³-hybridized carbons (Fsp3) is 0.324. The van der Waals surface area contributed by atoms with Crippen molar-refractivity contribution in [2.75, 3.05) is 6.61 Å². The minimum absolute atomic E-state index is 0.279. The van der Waals surface area contributed by atoms with Crippen molar-refractivity contribution in [3.05, 3.63) is 88.5 Å². The van der Waals surface area contributed by atoms with Gasteiger partial charge in [0.2, 0.25) is 0 Å². The van der Waals surface area contributed by atoms with Crippen molar-refractivity contribution in [2.24, 2.45) is 7.05 Å². The number of rotatable bonds is 6. The molecule has 0 fully saturated rings. The normalized spacial score (nSPS) is 13.9. The third kappa shape index (κ3) is 5.59. The molecule has 2 aromatic carbocycles. The van der Waals surface area contributed by atoms with Gasteiger partial charge >= 0.3 is 5.97 Å². The maximum Gasteiger partial charge on any atom is 0.337 e. The highest BCUT2D eigenvalue weighted by Crippen LogP contribution is 2.45. The number of hydrogen-bond acceptors (Lipinski definition) is 5. The Morgan fingerprint density at radius 1 is 1.07 bits per heavy atom. The van der Waals surface area contributed by atoms with Gasteiger partial charge in [0, 0.05) is 52.1 Å². The average Bonchev–Trinajstić information content (AvgIpc) is 3.33. The molecule has 5 aromatic rings. The van der Waals surface area contributed by atoms with E-state index in [1.54, 1.807) is 13.1 Å². The summed E-state index contributed by atoms with van der Waals surface area (Å²) in [6, 6.07) is 15.7. The van der Waals surface area contributed by atoms with E-state index in [1.165, 1.54) is 11.6 Å². The number of carboxylic acids is 1. The molecule has 4 heterocycles. The molecule has 232 valence electrons. The second kappa shape index (κ2) is 11.4. The minimum Gasteiger partial charge on any atom is -0.490 e. The molecule has 0 spiro atoms. The summed E-state index contributed by atoms with van der Waals surface area (Å²) >= 11 is 0. The molecule has 1 aliphatic heterocycles. The van der Waals surface area contributed by atoms with E-state index < -0.39 is 23.5 Å². The molecule has 0 bridgehead atoms. The van der Waals surface area contributed by atoms with E-state index in [9.17, 15) is 9.90 Å². The number of aryl methyl sites for hydroxylation is 3. The quantitative estimate of drug-likeness (QED) is 0.209. The number of pyridine rings is 2. The molecule has 7 nitrogen and oxygen atoms in total. The summed E-state index contributed by atoms with van der Waals surface area (Å²) in [7, 11) is 1.94. The van der Waals surface area contributed by atoms with Crippen molar-refractivity contribution in [3.8, 4) is 39.4 Å². The molecule has 0 radical (unpaired) electrons. The zero-order valence-electron chi connectivity index (χ0n) is 26.8. The number of ether oxygens (including phenoxy) is 2. The van der Waals surface area contributed by atoms with Gasteiger partial charge in [0.1, 0.15) is 5.65 Å². The molecule has 3 aromatic heterocycles. The van der Waals surface area contributed by atoms with Gasteiger partial charge in [-0.2, -0.15) is 0 Å². The van der Waals surface area contributed by atoms with Crippen molar-refractivity contribution < 1.29 is 23.8 Å². The van der Waals surface area contributed by atoms with Crippen LogP contribution in [0.2, 0.25) is 0 Å². The first-order valence-corrected chi connectivity index (χ1v) is 15.2. The van der Waals surface area contributed by atoms with Gasteiger partial charge in [-0.15, -0.1) is 0 Å². The lowest BCUT2D eigenvalue weighted by Gasteiger charge is -2.29. The molecule has 6 rings (SSSR count). The summed E-state index contributed by atoms with van der Waals surface area (Å²) < 4.78 is 29.7. The number of aliphatic carboxylic acids is 1. The van der Waals surface area contributed by atoms with Crippen LogP contribution < -0.4 is 4.74 Å². The first kappa shape index (κ1) is 30.5. The Kier molecular flexibility index (Phi) is 7.73. The van der Waals surface area contributed by atoms with Gasteiger partial charge in [0.25, 0.3) is 0 Å². The topological polar surface area (TPSA) is 86.5 Å². The molecule has 8 heteroatoms. The van der Waals surface area contributed by atoms with Crippen LogP contribution in [0.3, 0.4) is 0 Å². The predicted octanol–water partition coefficient (Wildman–Crippen LogP) is 8.30. The van der Waals surface area contributed by atoms with Gasteiger partial charge in [-0.1, -0.05) is 29.8 Å². The van der Waals surface area contributed by atoms with Crippen LogP contribution in [0.15, 0.2) is 54.7 Å². The fourth-order valence-electron chi connectivity index (χ4n) is 6.32. The number of nitrogens with zero attached hydrogens (tertiary/aromatic N) is 3. The third-order valence-electron chi connectivity index (χ3n) is 8.47. The highest BCUT2D eigenvalue weighted by molar-refractivity contribution is 6.01. The Hall–Kier alpha value is -4.56. The maximum atomic E-state index is 15.7. The molecule has 1 atom stereocenters. The largest absolute Gasteiger partial charge is 0.490 e. The van der Waals surface area contributed by atoms with E-state index >= 15 is 4.39 Å². The van der Waals surface area contributed by atoms with Gasteiger partial charge in [-0.25, -0.2) is 14.2 Å². The zero-order valence-corrected chi connectivity index (χ0v) is 26.8. The van der Waals surface area contributed by atoms with Crippen LogP contribution in [0.1, 0.15) is 61.2 Å². The molecule has 0 unspecified atom stereocenters. The van der Waals surface area contributed by atoms with Crippen molar-refractivity contribution >= 4 is 17.0 Å². The molecule has 0 aliphatic carbocycles. The Morgan fingerprint density at radius 2 is 1.80 bits per heavy atom. The van der Waals surface area contributed by atoms with Crippen LogP contribution in [-0.4, -0.2) is 37.8 Å². The second-order valence-electron chi connectivity index (χ2n) is 12.8. The fourth-order valence-corrected chi connectivity index (χ4v) is 6.32. The van der Waals surface area contributed by atoms with Crippen LogP contribution in [0.5, 0.6) is 5.75 Å². The number of aromatic nitrogens is 3. The highest BCUT2D eigenvalue weighted by atomic mass is 19.1. The summed E-state index contributed by atoms with van der Waals surface area (Å²) in [5.74, 6) is -1.32. The van der Waals surface area contributed by atoms with Gasteiger partial charge in [-0.05, 0) is 89.8 Å². The summed E-state index contributed by atoms with van der Waals surface area (Å²) in [5.41, 5.74) is 8.49. The van der Waals surface area contributed by atoms with E-state index in [0.717, 1.165) is 40.1 Å². The van der Waals surface area contributed by atoms with E-state index in [4.69, 9.17) is 14.5 Å². The average molecular weight is 608 g/mol. The standard InChI is InChI=1S/C37H38FN3O4/c1-20-10-12-23(13-11-20)29-17-24(14-15-39-29)30-19-27-32(26-18-28(38)33-25(21(26)2)9-8-16-44-33)31(22(3)40-35(27)41(30)7)34(36(42)43)45-37(4,5)6/h10-15,17-19,34H,8-9,16H2,1-7H3,(H,42,43)/t34-/m0/s1. The summed E-state index contributed by atoms with van der Waals surface area (Å²) in [5, 5.41) is 11.2. The molecular weight excluding hydrogens is 569 g/mol. The van der Waals surface area contributed by atoms with Gasteiger partial charge in [0.15, 0.2) is 17.7 Å². The number of hydrogen-bond donors (Lipinski definition) is 1. The lowest BCUT2D eigenvalue weighted by atomic mass is 9.86. The van der Waals surface area contributed by atoms with Gasteiger partial charge < -0.3 is 19.1 Å². The van der Waals surface area contributed by atoms with Crippen LogP contribution in [0.25, 0.3) is 44.7 Å². The number of carbonyl (C=O) groups is 1. The van der Waals surface area contributed by atoms with Crippen molar-refractivity contribution in [3.63, 3.8) is 0 Å². The van der Waals surface area contributed by atoms with Gasteiger partial charge in [-0.3, -0.25) is 4.98 Å². The van der Waals surface area contributed by atoms with Crippen LogP contribution in [0, 0.1) is 26.6 Å². The van der Waals surface area contributed by atoms with Crippen LogP contribution >= 0.6 is 0 Å². The second-order valence-corrected chi connectivity index (χ2v) is 12.8. The lowest BCUT2D eigenvalue weighted by molar-refractivity contribution is -0.160. The van der Waals surface area contributed by atoms with Crippen molar-refractivity contribution in [1.29, 1.82) is 0 Å². The molecule has 45 heavy (non-hydrogen) atoms. The van der Waals surface area contributed by atoms with Gasteiger partial charge in [0.05, 0.1) is 23.6 Å². The first-order chi connectivity index (χ1) is 21.3. The van der Waals surface area contributed by atoms with E-state index in [-0.39, 0.29) is 5.75 Å². The van der Waals surface area contributed by atoms with E-state index in [0.29, 0.717) is 46.4 Å². The summed E-state index contributed by atoms with van der Waals surface area (Å²) in [6.07, 6.45) is 1.91.